The SMILES string of the molecule is NC(=O)Nc1cc(Nc2nc(Nc3cccc(S(=O)(=O)O)c3)nc(-[n+]3cccc(C(=O)O)c3)n2)ccc1N=Nc1ccc(S(=O)(=O)CCOS(=O)(=O)O)cc1S(=O)(=O)O. The number of hydrogen-bond acceptors (Lipinski definition) is 18. The fourth-order valence-corrected chi connectivity index (χ4v) is 7.46. The molecule has 0 aliphatic carbocycles. The van der Waals surface area contributed by atoms with Gasteiger partial charge in [0.2, 0.25) is 0 Å². The monoisotopic (exact) mass is 895 g/mol. The van der Waals surface area contributed by atoms with Gasteiger partial charge in [-0.1, -0.05) is 6.07 Å². The van der Waals surface area contributed by atoms with Gasteiger partial charge in [0.25, 0.3) is 20.2 Å². The van der Waals surface area contributed by atoms with Gasteiger partial charge < -0.3 is 26.8 Å². The van der Waals surface area contributed by atoms with Crippen molar-refractivity contribution in [2.45, 2.75) is 14.7 Å². The van der Waals surface area contributed by atoms with Gasteiger partial charge in [-0.15, -0.1) is 15.2 Å². The van der Waals surface area contributed by atoms with Crippen molar-refractivity contribution in [2.24, 2.45) is 16.0 Å². The molecule has 5 aromatic rings. The van der Waals surface area contributed by atoms with Crippen LogP contribution >= 0.6 is 0 Å². The summed E-state index contributed by atoms with van der Waals surface area (Å²) in [5, 5.41) is 25.1. The molecule has 29 heteroatoms. The summed E-state index contributed by atoms with van der Waals surface area (Å²) in [6.07, 6.45) is 2.62. The minimum Gasteiger partial charge on any atom is -0.478 e. The Morgan fingerprint density at radius 2 is 1.39 bits per heavy atom. The number of carboxylic acid groups (broad SMARTS) is 1. The van der Waals surface area contributed by atoms with Crippen LogP contribution in [0.25, 0.3) is 5.95 Å². The minimum atomic E-state index is -5.18. The lowest BCUT2D eigenvalue weighted by Gasteiger charge is -2.10. The van der Waals surface area contributed by atoms with Gasteiger partial charge in [0.05, 0.1) is 45.8 Å². The van der Waals surface area contributed by atoms with Crippen molar-refractivity contribution in [1.29, 1.82) is 0 Å². The Labute approximate surface area is 333 Å². The van der Waals surface area contributed by atoms with E-state index in [9.17, 15) is 57.5 Å². The normalized spacial score (nSPS) is 12.3. The molecule has 0 saturated heterocycles. The van der Waals surface area contributed by atoms with Crippen molar-refractivity contribution in [3.63, 3.8) is 0 Å². The molecule has 0 aliphatic rings. The summed E-state index contributed by atoms with van der Waals surface area (Å²) in [6.45, 7) is -1.02. The number of carboxylic acids is 1. The lowest BCUT2D eigenvalue weighted by Crippen LogP contribution is -2.34. The number of urea groups is 1. The summed E-state index contributed by atoms with van der Waals surface area (Å²) < 4.78 is 128. The molecule has 0 bridgehead atoms. The molecule has 9 N–H and O–H groups in total. The van der Waals surface area contributed by atoms with Gasteiger partial charge in [0, 0.05) is 11.4 Å². The first-order valence-electron chi connectivity index (χ1n) is 15.7. The second-order valence-corrected chi connectivity index (χ2v) is 17.4. The van der Waals surface area contributed by atoms with Gasteiger partial charge in [-0.3, -0.25) is 13.7 Å². The number of aromatic nitrogens is 4. The smallest absolute Gasteiger partial charge is 0.444 e. The van der Waals surface area contributed by atoms with Gasteiger partial charge in [0.1, 0.15) is 16.3 Å². The van der Waals surface area contributed by atoms with Crippen LogP contribution in [0, 0.1) is 0 Å². The molecule has 0 saturated carbocycles. The van der Waals surface area contributed by atoms with E-state index < -0.39 is 85.2 Å². The van der Waals surface area contributed by atoms with Gasteiger partial charge in [-0.2, -0.15) is 25.3 Å². The van der Waals surface area contributed by atoms with Crippen LogP contribution in [0.1, 0.15) is 10.4 Å². The lowest BCUT2D eigenvalue weighted by atomic mass is 10.2. The Hall–Kier alpha value is -6.60. The van der Waals surface area contributed by atoms with Crippen molar-refractivity contribution in [1.82, 2.24) is 15.0 Å². The average Bonchev–Trinajstić information content (AvgIpc) is 3.13. The number of nitrogens with two attached hydrogens (primary N) is 1. The Bertz CT molecular complexity index is 2970. The van der Waals surface area contributed by atoms with Crippen LogP contribution in [-0.2, 0) is 44.7 Å². The van der Waals surface area contributed by atoms with E-state index in [0.29, 0.717) is 6.07 Å². The van der Waals surface area contributed by atoms with Crippen molar-refractivity contribution >= 4 is 92.8 Å². The minimum absolute atomic E-state index is 0.105. The quantitative estimate of drug-likeness (QED) is 0.0400. The van der Waals surface area contributed by atoms with Crippen LogP contribution < -0.4 is 26.3 Å². The summed E-state index contributed by atoms with van der Waals surface area (Å²) >= 11 is 0. The van der Waals surface area contributed by atoms with Crippen LogP contribution in [0.2, 0.25) is 0 Å². The van der Waals surface area contributed by atoms with E-state index in [4.69, 9.17) is 10.3 Å². The fraction of sp³-hybridized carbons (Fsp3) is 0.0667. The Balaban J connectivity index is 1.51. The number of nitrogens with one attached hydrogen (secondary N) is 3. The fourth-order valence-electron chi connectivity index (χ4n) is 4.70. The maximum Gasteiger partial charge on any atom is 0.444 e. The highest BCUT2D eigenvalue weighted by Crippen LogP contribution is 2.34. The number of anilines is 5. The summed E-state index contributed by atoms with van der Waals surface area (Å²) in [7, 11) is -19.2. The van der Waals surface area contributed by atoms with Gasteiger partial charge >= 0.3 is 40.2 Å². The number of azo groups is 1. The highest BCUT2D eigenvalue weighted by Gasteiger charge is 2.24. The van der Waals surface area contributed by atoms with Crippen LogP contribution in [0.3, 0.4) is 0 Å². The number of amides is 2. The molecule has 2 amide bonds. The Kier molecular flexibility index (Phi) is 12.6. The number of primary amides is 1. The van der Waals surface area contributed by atoms with Crippen LogP contribution in [0.5, 0.6) is 0 Å². The zero-order valence-corrected chi connectivity index (χ0v) is 32.4. The molecule has 2 aromatic heterocycles. The molecule has 310 valence electrons. The number of aromatic carboxylic acids is 1. The summed E-state index contributed by atoms with van der Waals surface area (Å²) in [6, 6.07) is 12.7. The molecule has 0 spiro atoms. The molecule has 0 fully saturated rings. The van der Waals surface area contributed by atoms with Gasteiger partial charge in [-0.25, -0.2) is 26.8 Å². The topological polar surface area (TPSA) is 390 Å². The zero-order valence-electron chi connectivity index (χ0n) is 29.2. The molecular weight excluding hydrogens is 869 g/mol. The highest BCUT2D eigenvalue weighted by molar-refractivity contribution is 7.91. The van der Waals surface area contributed by atoms with Crippen LogP contribution in [0.4, 0.5) is 45.1 Å². The van der Waals surface area contributed by atoms with E-state index in [1.807, 2.05) is 0 Å². The lowest BCUT2D eigenvalue weighted by molar-refractivity contribution is -0.603. The van der Waals surface area contributed by atoms with E-state index in [0.717, 1.165) is 24.3 Å². The number of carbonyl (C=O) groups is 2. The predicted molar refractivity (Wildman–Crippen MR) is 201 cm³/mol. The first-order chi connectivity index (χ1) is 27.5. The summed E-state index contributed by atoms with van der Waals surface area (Å²) in [5.74, 6) is -2.86. The second-order valence-electron chi connectivity index (χ2n) is 11.4. The molecule has 5 rings (SSSR count). The van der Waals surface area contributed by atoms with Crippen molar-refractivity contribution in [2.75, 3.05) is 28.3 Å². The van der Waals surface area contributed by atoms with E-state index >= 15 is 0 Å². The average molecular weight is 896 g/mol. The molecule has 2 heterocycles. The molecule has 0 atom stereocenters. The zero-order chi connectivity index (χ0) is 43.3. The van der Waals surface area contributed by atoms with Gasteiger partial charge in [-0.05, 0) is 76.7 Å². The Morgan fingerprint density at radius 1 is 0.746 bits per heavy atom. The van der Waals surface area contributed by atoms with Gasteiger partial charge in [0.15, 0.2) is 9.84 Å². The summed E-state index contributed by atoms with van der Waals surface area (Å²) in [5.41, 5.74) is 4.52. The number of rotatable bonds is 16. The van der Waals surface area contributed by atoms with Crippen molar-refractivity contribution in [3.05, 3.63) is 90.8 Å². The number of hydrogen-bond donors (Lipinski definition) is 8. The molecule has 0 unspecified atom stereocenters. The van der Waals surface area contributed by atoms with Crippen molar-refractivity contribution in [3.8, 4) is 5.95 Å². The van der Waals surface area contributed by atoms with E-state index in [1.54, 1.807) is 0 Å². The molecule has 25 nitrogen and oxygen atoms in total. The molecule has 0 aliphatic heterocycles. The van der Waals surface area contributed by atoms with E-state index in [2.05, 4.69) is 45.3 Å². The van der Waals surface area contributed by atoms with Crippen LogP contribution in [0.15, 0.2) is 110 Å². The summed E-state index contributed by atoms with van der Waals surface area (Å²) in [4.78, 5) is 34.3. The largest absolute Gasteiger partial charge is 0.478 e. The maximum absolute atomic E-state index is 12.7. The Morgan fingerprint density at radius 3 is 2.00 bits per heavy atom. The first-order valence-corrected chi connectivity index (χ1v) is 21.6. The van der Waals surface area contributed by atoms with Crippen molar-refractivity contribution < 1.29 is 70.8 Å². The standard InChI is InChI=1S/C30H26N10O15S4/c31-27(43)34-24-14-19(6-8-22(24)38-39-23-9-7-20(15-25(23)58(49,50)51)56(44,45)12-11-55-59(52,53)54)33-29-35-28(32-18-4-1-5-21(13-18)57(46,47)48)36-30(37-29)40-10-2-3-17(16-40)26(41)42/h1-10,13-16H,11-12H2,(H8-,31,32,33,34,35,36,37,39,41,42,43,46,47,48,49,50,51,52,53,54)/p+1. The predicted octanol–water partition coefficient (Wildman–Crippen LogP) is 2.33. The highest BCUT2D eigenvalue weighted by atomic mass is 32.3. The van der Waals surface area contributed by atoms with E-state index in [1.165, 1.54) is 59.4 Å². The van der Waals surface area contributed by atoms with Crippen LogP contribution in [-0.4, -0.2) is 91.7 Å². The third-order valence-electron chi connectivity index (χ3n) is 7.22. The third-order valence-corrected chi connectivity index (χ3v) is 11.1. The molecule has 59 heavy (non-hydrogen) atoms. The first kappa shape index (κ1) is 43.5. The second kappa shape index (κ2) is 17.1. The number of benzene rings is 3. The number of carbonyl (C=O) groups excluding carboxylic acids is 1. The van der Waals surface area contributed by atoms with E-state index in [-0.39, 0.29) is 46.2 Å². The molecule has 3 aromatic carbocycles. The number of sulfone groups is 1. The molecule has 0 radical (unpaired) electrons. The number of nitrogens with zero attached hydrogens (tertiary/aromatic N) is 6. The maximum atomic E-state index is 12.7. The number of pyridine rings is 1. The molecular formula is C30H27N10O15S4+. The third kappa shape index (κ3) is 12.0.